The summed E-state index contributed by atoms with van der Waals surface area (Å²) in [4.78, 5) is 12.0. The summed E-state index contributed by atoms with van der Waals surface area (Å²) in [6.45, 7) is 0.453. The van der Waals surface area contributed by atoms with E-state index in [1.165, 1.54) is 12.1 Å². The van der Waals surface area contributed by atoms with Crippen LogP contribution in [0.1, 0.15) is 18.4 Å². The molecular formula is C15H19ClFNO2S. The Morgan fingerprint density at radius 3 is 2.81 bits per heavy atom. The Morgan fingerprint density at radius 2 is 2.19 bits per heavy atom. The first-order valence-electron chi connectivity index (χ1n) is 6.89. The van der Waals surface area contributed by atoms with E-state index in [0.29, 0.717) is 6.54 Å². The molecule has 116 valence electrons. The van der Waals surface area contributed by atoms with Crippen LogP contribution in [-0.2, 0) is 16.0 Å². The highest BCUT2D eigenvalue weighted by atomic mass is 35.5. The zero-order chi connectivity index (χ0) is 15.3. The van der Waals surface area contributed by atoms with Gasteiger partial charge in [-0.3, -0.25) is 4.79 Å². The van der Waals surface area contributed by atoms with Gasteiger partial charge in [0, 0.05) is 24.2 Å². The van der Waals surface area contributed by atoms with E-state index in [1.54, 1.807) is 13.2 Å². The number of nitrogens with one attached hydrogen (secondary N) is 1. The van der Waals surface area contributed by atoms with E-state index in [9.17, 15) is 9.18 Å². The van der Waals surface area contributed by atoms with E-state index >= 15 is 0 Å². The lowest BCUT2D eigenvalue weighted by Gasteiger charge is -2.35. The average molecular weight is 332 g/mol. The third-order valence-electron chi connectivity index (χ3n) is 3.84. The van der Waals surface area contributed by atoms with Crippen LogP contribution in [-0.4, -0.2) is 36.7 Å². The molecule has 0 saturated carbocycles. The summed E-state index contributed by atoms with van der Waals surface area (Å²) in [5.74, 6) is 1.37. The molecule has 1 aromatic carbocycles. The van der Waals surface area contributed by atoms with Crippen LogP contribution in [0.5, 0.6) is 0 Å². The number of carbonyl (C=O) groups excluding carboxylic acids is 1. The van der Waals surface area contributed by atoms with Crippen molar-refractivity contribution in [3.8, 4) is 0 Å². The quantitative estimate of drug-likeness (QED) is 0.901. The topological polar surface area (TPSA) is 38.3 Å². The molecule has 0 bridgehead atoms. The lowest BCUT2D eigenvalue weighted by Crippen LogP contribution is -2.47. The number of hydrogen-bond acceptors (Lipinski definition) is 3. The van der Waals surface area contributed by atoms with Crippen LogP contribution in [0, 0.1) is 5.82 Å². The van der Waals surface area contributed by atoms with Crippen molar-refractivity contribution in [1.82, 2.24) is 5.32 Å². The maximum absolute atomic E-state index is 13.7. The highest BCUT2D eigenvalue weighted by Gasteiger charge is 2.32. The number of halogens is 2. The first-order valence-corrected chi connectivity index (χ1v) is 8.42. The van der Waals surface area contributed by atoms with Crippen LogP contribution in [0.25, 0.3) is 0 Å². The van der Waals surface area contributed by atoms with E-state index in [0.717, 1.165) is 24.3 Å². The smallest absolute Gasteiger partial charge is 0.224 e. The largest absolute Gasteiger partial charge is 0.376 e. The van der Waals surface area contributed by atoms with Crippen molar-refractivity contribution in [2.75, 3.05) is 25.2 Å². The number of benzene rings is 1. The molecule has 0 spiro atoms. The minimum atomic E-state index is -0.451. The third kappa shape index (κ3) is 4.34. The molecule has 0 unspecified atom stereocenters. The molecule has 6 heteroatoms. The number of methoxy groups -OCH3 is 1. The first-order chi connectivity index (χ1) is 10.1. The highest BCUT2D eigenvalue weighted by molar-refractivity contribution is 7.99. The SMILES string of the molecule is COC1(CNC(=O)Cc2c(F)cccc2Cl)CCSCC1. The Balaban J connectivity index is 1.93. The van der Waals surface area contributed by atoms with Crippen molar-refractivity contribution in [2.24, 2.45) is 0 Å². The van der Waals surface area contributed by atoms with Gasteiger partial charge in [-0.2, -0.15) is 11.8 Å². The van der Waals surface area contributed by atoms with Crippen molar-refractivity contribution >= 4 is 29.3 Å². The Bertz CT molecular complexity index is 486. The summed E-state index contributed by atoms with van der Waals surface area (Å²) >= 11 is 7.82. The summed E-state index contributed by atoms with van der Waals surface area (Å²) in [5, 5.41) is 3.13. The molecule has 0 atom stereocenters. The Morgan fingerprint density at radius 1 is 1.48 bits per heavy atom. The van der Waals surface area contributed by atoms with Gasteiger partial charge in [0.25, 0.3) is 0 Å². The Labute approximate surface area is 133 Å². The number of thioether (sulfide) groups is 1. The molecule has 2 rings (SSSR count). The maximum atomic E-state index is 13.7. The number of hydrogen-bond donors (Lipinski definition) is 1. The molecule has 1 saturated heterocycles. The zero-order valence-electron chi connectivity index (χ0n) is 12.0. The predicted octanol–water partition coefficient (Wildman–Crippen LogP) is 3.05. The van der Waals surface area contributed by atoms with Crippen molar-refractivity contribution in [3.05, 3.63) is 34.6 Å². The lowest BCUT2D eigenvalue weighted by atomic mass is 9.96. The van der Waals surface area contributed by atoms with Crippen LogP contribution in [0.3, 0.4) is 0 Å². The van der Waals surface area contributed by atoms with Crippen molar-refractivity contribution < 1.29 is 13.9 Å². The molecule has 1 fully saturated rings. The van der Waals surface area contributed by atoms with Crippen molar-refractivity contribution in [1.29, 1.82) is 0 Å². The van der Waals surface area contributed by atoms with E-state index in [1.807, 2.05) is 11.8 Å². The number of rotatable bonds is 5. The van der Waals surface area contributed by atoms with E-state index in [4.69, 9.17) is 16.3 Å². The maximum Gasteiger partial charge on any atom is 0.224 e. The first kappa shape index (κ1) is 16.6. The minimum absolute atomic E-state index is 0.0555. The molecule has 0 aliphatic carbocycles. The average Bonchev–Trinajstić information content (AvgIpc) is 2.50. The van der Waals surface area contributed by atoms with Crippen LogP contribution >= 0.6 is 23.4 Å². The summed E-state index contributed by atoms with van der Waals surface area (Å²) in [7, 11) is 1.68. The monoisotopic (exact) mass is 331 g/mol. The van der Waals surface area contributed by atoms with Gasteiger partial charge >= 0.3 is 0 Å². The van der Waals surface area contributed by atoms with E-state index in [-0.39, 0.29) is 28.5 Å². The van der Waals surface area contributed by atoms with Crippen LogP contribution in [0.15, 0.2) is 18.2 Å². The van der Waals surface area contributed by atoms with Crippen LogP contribution < -0.4 is 5.32 Å². The standard InChI is InChI=1S/C15H19ClFNO2S/c1-20-15(5-7-21-8-6-15)10-18-14(19)9-11-12(16)3-2-4-13(11)17/h2-4H,5-10H2,1H3,(H,18,19). The van der Waals surface area contributed by atoms with Gasteiger partial charge in [-0.1, -0.05) is 17.7 Å². The van der Waals surface area contributed by atoms with Crippen molar-refractivity contribution in [3.63, 3.8) is 0 Å². The zero-order valence-corrected chi connectivity index (χ0v) is 13.5. The van der Waals surface area contributed by atoms with Gasteiger partial charge in [-0.05, 0) is 36.5 Å². The van der Waals surface area contributed by atoms with Gasteiger partial charge in [0.05, 0.1) is 12.0 Å². The Kier molecular flexibility index (Phi) is 5.90. The molecule has 1 N–H and O–H groups in total. The van der Waals surface area contributed by atoms with Gasteiger partial charge < -0.3 is 10.1 Å². The van der Waals surface area contributed by atoms with Gasteiger partial charge in [0.15, 0.2) is 0 Å². The van der Waals surface area contributed by atoms with Crippen molar-refractivity contribution in [2.45, 2.75) is 24.9 Å². The lowest BCUT2D eigenvalue weighted by molar-refractivity contribution is -0.122. The number of amides is 1. The van der Waals surface area contributed by atoms with E-state index < -0.39 is 5.82 Å². The second-order valence-electron chi connectivity index (χ2n) is 5.15. The molecule has 1 aromatic rings. The fraction of sp³-hybridized carbons (Fsp3) is 0.533. The Hall–Kier alpha value is -0.780. The molecule has 0 aromatic heterocycles. The third-order valence-corrected chi connectivity index (χ3v) is 5.18. The minimum Gasteiger partial charge on any atom is -0.376 e. The van der Waals surface area contributed by atoms with Crippen LogP contribution in [0.2, 0.25) is 5.02 Å². The predicted molar refractivity (Wildman–Crippen MR) is 84.4 cm³/mol. The molecule has 1 heterocycles. The molecule has 21 heavy (non-hydrogen) atoms. The molecule has 1 aliphatic heterocycles. The second-order valence-corrected chi connectivity index (χ2v) is 6.79. The van der Waals surface area contributed by atoms with Gasteiger partial charge in [0.2, 0.25) is 5.91 Å². The molecule has 3 nitrogen and oxygen atoms in total. The van der Waals surface area contributed by atoms with Gasteiger partial charge in [-0.15, -0.1) is 0 Å². The van der Waals surface area contributed by atoms with Crippen LogP contribution in [0.4, 0.5) is 4.39 Å². The van der Waals surface area contributed by atoms with Gasteiger partial charge in [-0.25, -0.2) is 4.39 Å². The molecule has 1 aliphatic rings. The second kappa shape index (κ2) is 7.47. The number of ether oxygens (including phenoxy) is 1. The highest BCUT2D eigenvalue weighted by Crippen LogP contribution is 2.29. The molecule has 0 radical (unpaired) electrons. The normalized spacial score (nSPS) is 17.5. The fourth-order valence-electron chi connectivity index (χ4n) is 2.38. The van der Waals surface area contributed by atoms with Gasteiger partial charge in [0.1, 0.15) is 5.82 Å². The fourth-order valence-corrected chi connectivity index (χ4v) is 3.85. The number of carbonyl (C=O) groups is 1. The summed E-state index contributed by atoms with van der Waals surface area (Å²) < 4.78 is 19.3. The van der Waals surface area contributed by atoms with E-state index in [2.05, 4.69) is 5.32 Å². The molecule has 1 amide bonds. The summed E-state index contributed by atoms with van der Waals surface area (Å²) in [6, 6.07) is 4.42. The molecular weight excluding hydrogens is 313 g/mol. The summed E-state index contributed by atoms with van der Waals surface area (Å²) in [5.41, 5.74) is -0.0535. The summed E-state index contributed by atoms with van der Waals surface area (Å²) in [6.07, 6.45) is 1.77.